The average molecular weight is 1440 g/mol. The van der Waals surface area contributed by atoms with Gasteiger partial charge in [-0.1, -0.05) is 258 Å². The number of allylic oxidation sites excluding steroid dienone is 2. The molecule has 2 saturated heterocycles. The highest BCUT2D eigenvalue weighted by molar-refractivity contribution is 7.47. The van der Waals surface area contributed by atoms with Gasteiger partial charge in [-0.2, -0.15) is 0 Å². The Hall–Kier alpha value is -2.30. The molecule has 25 heteroatoms. The molecule has 99 heavy (non-hydrogen) atoms. The quantitative estimate of drug-likeness (QED) is 0.00886. The largest absolute Gasteiger partial charge is 0.472 e. The Kier molecular flexibility index (Phi) is 51.5. The molecule has 3 aliphatic rings. The fourth-order valence-corrected chi connectivity index (χ4v) is 13.9. The Balaban J connectivity index is 1.72. The van der Waals surface area contributed by atoms with E-state index in [0.29, 0.717) is 19.3 Å². The summed E-state index contributed by atoms with van der Waals surface area (Å²) in [7, 11) is -5.70. The Morgan fingerprint density at radius 3 is 1.10 bits per heavy atom. The highest BCUT2D eigenvalue weighted by Crippen LogP contribution is 2.49. The molecule has 11 N–H and O–H groups in total. The van der Waals surface area contributed by atoms with Gasteiger partial charge in [-0.05, 0) is 44.9 Å². The van der Waals surface area contributed by atoms with Crippen LogP contribution in [0.15, 0.2) is 12.2 Å². The highest BCUT2D eigenvalue weighted by Gasteiger charge is 2.58. The molecule has 3 rings (SSSR count). The first kappa shape index (κ1) is 90.9. The Morgan fingerprint density at radius 2 is 0.707 bits per heavy atom. The van der Waals surface area contributed by atoms with Crippen molar-refractivity contribution >= 4 is 25.7 Å². The standard InChI is InChI=1S/C74H137O24P/c1-4-7-10-13-16-19-22-25-28-31-34-37-40-43-46-49-59(77)91-54-57-62(80)64(82)69(87)74(95-57)97-71-67(85)65(83)66(84)70(96-73-68(86)63(81)61(79)56(51-75)94-73)72(71)98-99(88,89)92-53-55(52-90-58(76)48-45-42-39-36-33-30-27-24-21-18-15-12-9-6-3)93-60(78)50-47-44-41-38-35-32-29-26-23-20-17-14-11-8-5-2/h20,23,55-57,61-75,79-87H,4-19,21-22,24-54H2,1-3H3,(H,88,89)/b23-20-. The van der Waals surface area contributed by atoms with Crippen molar-refractivity contribution in [1.82, 2.24) is 0 Å². The van der Waals surface area contributed by atoms with Gasteiger partial charge >= 0.3 is 25.7 Å². The third-order valence-corrected chi connectivity index (χ3v) is 20.3. The number of carbonyl (C=O) groups excluding carboxylic acids is 3. The second-order valence-corrected chi connectivity index (χ2v) is 29.5. The van der Waals surface area contributed by atoms with Gasteiger partial charge in [-0.15, -0.1) is 0 Å². The topological polar surface area (TPSA) is 374 Å². The van der Waals surface area contributed by atoms with E-state index in [-0.39, 0.29) is 19.3 Å². The van der Waals surface area contributed by atoms with Gasteiger partial charge in [0.1, 0.15) is 98.7 Å². The summed E-state index contributed by atoms with van der Waals surface area (Å²) >= 11 is 0. The minimum absolute atomic E-state index is 0.0327. The number of esters is 3. The second kappa shape index (κ2) is 56.1. The molecule has 0 aromatic heterocycles. The van der Waals surface area contributed by atoms with Gasteiger partial charge in [0.2, 0.25) is 0 Å². The summed E-state index contributed by atoms with van der Waals surface area (Å²) in [6, 6.07) is 0. The number of carbonyl (C=O) groups is 3. The van der Waals surface area contributed by atoms with Crippen LogP contribution in [0.2, 0.25) is 0 Å². The van der Waals surface area contributed by atoms with Gasteiger partial charge in [0.15, 0.2) is 18.7 Å². The Bertz CT molecular complexity index is 2090. The number of aliphatic hydroxyl groups is 10. The molecule has 0 radical (unpaired) electrons. The van der Waals surface area contributed by atoms with Crippen LogP contribution in [0, 0.1) is 0 Å². The monoisotopic (exact) mass is 1440 g/mol. The van der Waals surface area contributed by atoms with Crippen LogP contribution < -0.4 is 0 Å². The van der Waals surface area contributed by atoms with Crippen molar-refractivity contribution in [2.75, 3.05) is 26.4 Å². The molecule has 24 nitrogen and oxygen atoms in total. The van der Waals surface area contributed by atoms with Gasteiger partial charge in [0.25, 0.3) is 0 Å². The Labute approximate surface area is 592 Å². The predicted octanol–water partition coefficient (Wildman–Crippen LogP) is 11.1. The van der Waals surface area contributed by atoms with Crippen LogP contribution in [0.25, 0.3) is 0 Å². The number of phosphoric acid groups is 1. The molecule has 1 aliphatic carbocycles. The lowest BCUT2D eigenvalue weighted by Crippen LogP contribution is -2.69. The zero-order chi connectivity index (χ0) is 72.5. The first-order valence-electron chi connectivity index (χ1n) is 39.0. The number of hydrogen-bond acceptors (Lipinski definition) is 23. The zero-order valence-electron chi connectivity index (χ0n) is 60.8. The van der Waals surface area contributed by atoms with E-state index in [0.717, 1.165) is 109 Å². The third-order valence-electron chi connectivity index (χ3n) is 19.3. The number of phosphoric ester groups is 1. The molecule has 3 fully saturated rings. The molecule has 0 amide bonds. The van der Waals surface area contributed by atoms with E-state index in [9.17, 15) is 74.9 Å². The summed E-state index contributed by atoms with van der Waals surface area (Å²) in [5, 5.41) is 110. The van der Waals surface area contributed by atoms with Gasteiger partial charge < -0.3 is 89.1 Å². The van der Waals surface area contributed by atoms with Crippen molar-refractivity contribution in [3.05, 3.63) is 12.2 Å². The van der Waals surface area contributed by atoms with E-state index in [4.69, 9.17) is 42.2 Å². The first-order chi connectivity index (χ1) is 47.8. The molecule has 18 atom stereocenters. The van der Waals surface area contributed by atoms with E-state index in [2.05, 4.69) is 32.9 Å². The molecule has 1 saturated carbocycles. The summed E-state index contributed by atoms with van der Waals surface area (Å²) in [6.07, 6.45) is 15.4. The number of unbranched alkanes of at least 4 members (excludes halogenated alkanes) is 38. The van der Waals surface area contributed by atoms with Crippen molar-refractivity contribution in [2.45, 2.75) is 414 Å². The molecule has 18 unspecified atom stereocenters. The maximum atomic E-state index is 14.3. The molecule has 0 aromatic carbocycles. The number of ether oxygens (including phenoxy) is 7. The zero-order valence-corrected chi connectivity index (χ0v) is 61.7. The maximum Gasteiger partial charge on any atom is 0.472 e. The molecular formula is C74H137O24P. The van der Waals surface area contributed by atoms with Crippen LogP contribution in [0.3, 0.4) is 0 Å². The summed E-state index contributed by atoms with van der Waals surface area (Å²) in [6.45, 7) is 3.46. The molecule has 2 heterocycles. The average Bonchev–Trinajstić information content (AvgIpc) is 0.763. The smallest absolute Gasteiger partial charge is 0.463 e. The van der Waals surface area contributed by atoms with Crippen molar-refractivity contribution in [3.8, 4) is 0 Å². The van der Waals surface area contributed by atoms with E-state index in [1.165, 1.54) is 141 Å². The second-order valence-electron chi connectivity index (χ2n) is 28.1. The lowest BCUT2D eigenvalue weighted by Gasteiger charge is -2.49. The van der Waals surface area contributed by atoms with Crippen molar-refractivity contribution < 1.29 is 117 Å². The summed E-state index contributed by atoms with van der Waals surface area (Å²) in [5.41, 5.74) is 0. The van der Waals surface area contributed by atoms with Crippen LogP contribution in [0.5, 0.6) is 0 Å². The highest BCUT2D eigenvalue weighted by atomic mass is 31.2. The van der Waals surface area contributed by atoms with Gasteiger partial charge in [-0.3, -0.25) is 23.4 Å². The van der Waals surface area contributed by atoms with Crippen molar-refractivity contribution in [2.24, 2.45) is 0 Å². The molecule has 0 aromatic rings. The summed E-state index contributed by atoms with van der Waals surface area (Å²) < 4.78 is 65.1. The summed E-state index contributed by atoms with van der Waals surface area (Å²) in [5.74, 6) is -1.98. The lowest BCUT2D eigenvalue weighted by atomic mass is 9.84. The SMILES string of the molecule is CCCCCC/C=C\CCCCCCCCCC(=O)OC(COC(=O)CCCCCCCCCCCCCCCC)COP(=O)(O)OC1C(OC2OC(CO)C(O)C(O)C2O)C(O)C(O)C(O)C1OC1OC(COC(=O)CCCCCCCCCCCCCCCCC)C(O)C(O)C1O. The van der Waals surface area contributed by atoms with Crippen LogP contribution in [-0.2, 0) is 61.2 Å². The normalized spacial score (nSPS) is 27.5. The fraction of sp³-hybridized carbons (Fsp3) is 0.932. The summed E-state index contributed by atoms with van der Waals surface area (Å²) in [4.78, 5) is 51.0. The molecule has 0 spiro atoms. The maximum absolute atomic E-state index is 14.3. The fourth-order valence-electron chi connectivity index (χ4n) is 12.9. The van der Waals surface area contributed by atoms with Crippen LogP contribution in [-0.4, -0.2) is 204 Å². The first-order valence-corrected chi connectivity index (χ1v) is 40.5. The van der Waals surface area contributed by atoms with Crippen LogP contribution in [0.4, 0.5) is 0 Å². The van der Waals surface area contributed by atoms with E-state index in [1.54, 1.807) is 0 Å². The van der Waals surface area contributed by atoms with Crippen LogP contribution >= 0.6 is 7.82 Å². The lowest BCUT2D eigenvalue weighted by molar-refractivity contribution is -0.360. The van der Waals surface area contributed by atoms with Gasteiger partial charge in [0.05, 0.1) is 13.2 Å². The van der Waals surface area contributed by atoms with Crippen LogP contribution in [0.1, 0.15) is 310 Å². The molecule has 2 aliphatic heterocycles. The number of aliphatic hydroxyl groups excluding tert-OH is 10. The predicted molar refractivity (Wildman–Crippen MR) is 375 cm³/mol. The Morgan fingerprint density at radius 1 is 0.384 bits per heavy atom. The molecule has 0 bridgehead atoms. The van der Waals surface area contributed by atoms with Crippen molar-refractivity contribution in [3.63, 3.8) is 0 Å². The minimum atomic E-state index is -5.70. The number of hydrogen-bond donors (Lipinski definition) is 11. The third kappa shape index (κ3) is 39.0. The van der Waals surface area contributed by atoms with E-state index in [1.807, 2.05) is 0 Å². The molecule has 582 valence electrons. The van der Waals surface area contributed by atoms with Crippen molar-refractivity contribution in [1.29, 1.82) is 0 Å². The van der Waals surface area contributed by atoms with E-state index >= 15 is 0 Å². The van der Waals surface area contributed by atoms with Gasteiger partial charge in [0, 0.05) is 19.3 Å². The molecular weight excluding hydrogens is 1300 g/mol. The number of rotatable bonds is 61. The van der Waals surface area contributed by atoms with Gasteiger partial charge in [-0.25, -0.2) is 4.57 Å². The van der Waals surface area contributed by atoms with E-state index < -0.39 is 156 Å². The minimum Gasteiger partial charge on any atom is -0.463 e.